The molecule has 0 amide bonds. The van der Waals surface area contributed by atoms with E-state index < -0.39 is 12.1 Å². The Bertz CT molecular complexity index is 1270. The predicted molar refractivity (Wildman–Crippen MR) is 149 cm³/mol. The van der Waals surface area contributed by atoms with Crippen molar-refractivity contribution in [1.29, 1.82) is 0 Å². The molecule has 1 aromatic heterocycles. The van der Waals surface area contributed by atoms with Gasteiger partial charge in [-0.25, -0.2) is 9.78 Å². The normalized spacial score (nSPS) is 12.5. The number of hydrogen-bond donors (Lipinski definition) is 0. The second-order valence-corrected chi connectivity index (χ2v) is 10.7. The van der Waals surface area contributed by atoms with E-state index in [9.17, 15) is 9.59 Å². The van der Waals surface area contributed by atoms with Gasteiger partial charge in [0.15, 0.2) is 6.10 Å². The first-order valence-electron chi connectivity index (χ1n) is 10.2. The number of carbonyl (C=O) groups is 1. The average molecular weight is 738 g/mol. The minimum absolute atomic E-state index is 0.00306. The molecule has 0 aliphatic rings. The minimum Gasteiger partial charge on any atom is -0.477 e. The molecule has 0 radical (unpaired) electrons. The van der Waals surface area contributed by atoms with Gasteiger partial charge in [-0.05, 0) is 94.9 Å². The van der Waals surface area contributed by atoms with Crippen LogP contribution in [0, 0.1) is 7.14 Å². The van der Waals surface area contributed by atoms with Gasteiger partial charge in [-0.15, -0.1) is 0 Å². The van der Waals surface area contributed by atoms with Crippen LogP contribution in [-0.4, -0.2) is 34.6 Å². The van der Waals surface area contributed by atoms with Crippen LogP contribution in [0.3, 0.4) is 0 Å². The molecule has 33 heavy (non-hydrogen) atoms. The number of carbonyl (C=O) groups excluding carboxylic acids is 1. The summed E-state index contributed by atoms with van der Waals surface area (Å²) in [6.07, 6.45) is 0.906. The molecule has 1 atom stereocenters. The Balaban J connectivity index is 1.98. The van der Waals surface area contributed by atoms with E-state index in [1.165, 1.54) is 4.68 Å². The van der Waals surface area contributed by atoms with E-state index in [-0.39, 0.29) is 11.5 Å². The lowest BCUT2D eigenvalue weighted by atomic mass is 10.2. The van der Waals surface area contributed by atoms with Crippen molar-refractivity contribution in [3.05, 3.63) is 63.7 Å². The molecule has 7 nitrogen and oxygen atoms in total. The lowest BCUT2D eigenvalue weighted by molar-refractivity contribution is -0.150. The van der Waals surface area contributed by atoms with Crippen molar-refractivity contribution in [3.63, 3.8) is 0 Å². The number of rotatable bonds is 7. The molecule has 0 bridgehead atoms. The summed E-state index contributed by atoms with van der Waals surface area (Å²) in [7, 11) is 0. The van der Waals surface area contributed by atoms with E-state index in [1.54, 1.807) is 26.1 Å². The molecule has 0 fully saturated rings. The van der Waals surface area contributed by atoms with Crippen molar-refractivity contribution in [3.8, 4) is 5.75 Å². The van der Waals surface area contributed by atoms with E-state index in [0.29, 0.717) is 29.1 Å². The quantitative estimate of drug-likeness (QED) is 0.177. The Labute approximate surface area is 227 Å². The summed E-state index contributed by atoms with van der Waals surface area (Å²) in [6, 6.07) is 9.20. The summed E-state index contributed by atoms with van der Waals surface area (Å²) in [5, 5.41) is 4.97. The number of nitrogens with zero attached hydrogens (tertiary/aromatic N) is 3. The fourth-order valence-corrected chi connectivity index (χ4v) is 5.46. The third-order valence-corrected chi connectivity index (χ3v) is 6.70. The van der Waals surface area contributed by atoms with Crippen LogP contribution < -0.4 is 10.3 Å². The summed E-state index contributed by atoms with van der Waals surface area (Å²) in [5.41, 5.74) is 1.20. The molecular formula is C23H22BrI2N3O4. The largest absolute Gasteiger partial charge is 0.477 e. The molecule has 0 aliphatic heterocycles. The third kappa shape index (κ3) is 6.13. The number of ether oxygens (including phenoxy) is 2. The fraction of sp³-hybridized carbons (Fsp3) is 0.304. The highest BCUT2D eigenvalue weighted by Crippen LogP contribution is 2.29. The maximum absolute atomic E-state index is 13.2. The van der Waals surface area contributed by atoms with Gasteiger partial charge in [0.25, 0.3) is 5.56 Å². The van der Waals surface area contributed by atoms with E-state index in [1.807, 2.05) is 38.1 Å². The maximum Gasteiger partial charge on any atom is 0.347 e. The number of halogens is 3. The highest BCUT2D eigenvalue weighted by molar-refractivity contribution is 14.1. The van der Waals surface area contributed by atoms with Crippen LogP contribution in [0.25, 0.3) is 10.9 Å². The molecule has 0 saturated carbocycles. The van der Waals surface area contributed by atoms with Gasteiger partial charge in [-0.2, -0.15) is 9.78 Å². The Kier molecular flexibility index (Phi) is 8.89. The second kappa shape index (κ2) is 11.3. The summed E-state index contributed by atoms with van der Waals surface area (Å²) < 4.78 is 14.6. The van der Waals surface area contributed by atoms with Crippen molar-refractivity contribution < 1.29 is 14.3 Å². The molecule has 0 saturated heterocycles. The lowest BCUT2D eigenvalue weighted by Gasteiger charge is -2.16. The molecule has 2 aromatic carbocycles. The van der Waals surface area contributed by atoms with E-state index in [2.05, 4.69) is 71.2 Å². The van der Waals surface area contributed by atoms with Crippen LogP contribution in [0.5, 0.6) is 5.75 Å². The van der Waals surface area contributed by atoms with Crippen LogP contribution in [0.2, 0.25) is 0 Å². The molecule has 0 aliphatic carbocycles. The molecule has 0 spiro atoms. The molecule has 174 valence electrons. The summed E-state index contributed by atoms with van der Waals surface area (Å²) in [5.74, 6) is 0.777. The number of aromatic nitrogens is 2. The van der Waals surface area contributed by atoms with Crippen molar-refractivity contribution in [2.75, 3.05) is 6.61 Å². The Morgan fingerprint density at radius 2 is 1.88 bits per heavy atom. The van der Waals surface area contributed by atoms with Crippen molar-refractivity contribution in [2.45, 2.75) is 39.7 Å². The van der Waals surface area contributed by atoms with Gasteiger partial charge in [0.1, 0.15) is 11.6 Å². The first-order chi connectivity index (χ1) is 15.6. The van der Waals surface area contributed by atoms with Gasteiger partial charge in [0.05, 0.1) is 30.9 Å². The van der Waals surface area contributed by atoms with Crippen LogP contribution in [0.4, 0.5) is 0 Å². The number of benzene rings is 2. The molecule has 10 heteroatoms. The summed E-state index contributed by atoms with van der Waals surface area (Å²) in [4.78, 5) is 29.8. The molecule has 1 heterocycles. The van der Waals surface area contributed by atoms with Gasteiger partial charge in [0.2, 0.25) is 0 Å². The summed E-state index contributed by atoms with van der Waals surface area (Å²) >= 11 is 7.72. The molecular weight excluding hydrogens is 716 g/mol. The zero-order valence-electron chi connectivity index (χ0n) is 18.4. The second-order valence-electron chi connectivity index (χ2n) is 7.47. The highest BCUT2D eigenvalue weighted by Gasteiger charge is 2.19. The number of hydrogen-bond acceptors (Lipinski definition) is 6. The van der Waals surface area contributed by atoms with Crippen LogP contribution >= 0.6 is 61.1 Å². The first-order valence-corrected chi connectivity index (χ1v) is 13.2. The monoisotopic (exact) mass is 737 g/mol. The van der Waals surface area contributed by atoms with Crippen molar-refractivity contribution >= 4 is 84.2 Å². The van der Waals surface area contributed by atoms with Gasteiger partial charge >= 0.3 is 5.97 Å². The minimum atomic E-state index is -0.721. The number of esters is 1. The lowest BCUT2D eigenvalue weighted by Crippen LogP contribution is -2.26. The van der Waals surface area contributed by atoms with E-state index >= 15 is 0 Å². The molecule has 0 N–H and O–H groups in total. The Morgan fingerprint density at radius 3 is 2.48 bits per heavy atom. The van der Waals surface area contributed by atoms with Crippen molar-refractivity contribution in [2.24, 2.45) is 5.10 Å². The third-order valence-electron chi connectivity index (χ3n) is 4.61. The number of fused-ring (bicyclic) bond motifs is 1. The van der Waals surface area contributed by atoms with Crippen LogP contribution in [-0.2, 0) is 9.53 Å². The molecule has 3 rings (SSSR count). The first kappa shape index (κ1) is 26.1. The van der Waals surface area contributed by atoms with E-state index in [4.69, 9.17) is 9.47 Å². The van der Waals surface area contributed by atoms with E-state index in [0.717, 1.165) is 17.2 Å². The Hall–Kier alpha value is -1.54. The maximum atomic E-state index is 13.2. The van der Waals surface area contributed by atoms with Crippen LogP contribution in [0.15, 0.2) is 44.7 Å². The highest BCUT2D eigenvalue weighted by atomic mass is 127. The smallest absolute Gasteiger partial charge is 0.347 e. The standard InChI is InChI=1S/C23H22BrI2N3O4/c1-5-32-23(31)13(4)33-20-17(25)8-14(9-18(20)26)11-27-29-21(12(2)3)28-19-7-6-15(24)10-16(19)22(29)30/h6-13H,5H2,1-4H3/t13-/m1/s1. The van der Waals surface area contributed by atoms with Gasteiger partial charge in [0, 0.05) is 10.4 Å². The van der Waals surface area contributed by atoms with Crippen molar-refractivity contribution in [1.82, 2.24) is 9.66 Å². The molecule has 3 aromatic rings. The SMILES string of the molecule is CCOC(=O)[C@@H](C)Oc1c(I)cc(C=Nn2c(C(C)C)nc3ccc(Br)cc3c2=O)cc1I. The van der Waals surface area contributed by atoms with Gasteiger partial charge in [-0.3, -0.25) is 4.79 Å². The van der Waals surface area contributed by atoms with Gasteiger partial charge < -0.3 is 9.47 Å². The fourth-order valence-electron chi connectivity index (χ4n) is 3.03. The Morgan fingerprint density at radius 1 is 1.21 bits per heavy atom. The van der Waals surface area contributed by atoms with Gasteiger partial charge in [-0.1, -0.05) is 29.8 Å². The zero-order chi connectivity index (χ0) is 24.3. The predicted octanol–water partition coefficient (Wildman–Crippen LogP) is 5.70. The topological polar surface area (TPSA) is 82.8 Å². The molecule has 0 unspecified atom stereocenters. The summed E-state index contributed by atoms with van der Waals surface area (Å²) in [6.45, 7) is 7.66. The zero-order valence-corrected chi connectivity index (χ0v) is 24.3. The van der Waals surface area contributed by atoms with Crippen LogP contribution in [0.1, 0.15) is 45.0 Å². The average Bonchev–Trinajstić information content (AvgIpc) is 2.75.